The van der Waals surface area contributed by atoms with Crippen LogP contribution in [0.1, 0.15) is 0 Å². The third kappa shape index (κ3) is 4.33. The number of pyridine rings is 1. The summed E-state index contributed by atoms with van der Waals surface area (Å²) >= 11 is 1.75. The highest BCUT2D eigenvalue weighted by Crippen LogP contribution is 2.18. The lowest BCUT2D eigenvalue weighted by molar-refractivity contribution is 1.08. The largest absolute Gasteiger partial charge is 0.317 e. The van der Waals surface area contributed by atoms with Crippen molar-refractivity contribution in [3.63, 3.8) is 0 Å². The zero-order valence-electron chi connectivity index (χ0n) is 8.26. The normalized spacial score (nSPS) is 11.6. The third-order valence-corrected chi connectivity index (χ3v) is 5.99. The van der Waals surface area contributed by atoms with Gasteiger partial charge in [-0.3, -0.25) is 4.79 Å². The van der Waals surface area contributed by atoms with Crippen molar-refractivity contribution in [2.24, 2.45) is 0 Å². The number of hydrogen-bond donors (Lipinski definition) is 1. The minimum Gasteiger partial charge on any atom is -0.317 e. The number of H-pyrrole nitrogens is 1. The fourth-order valence-electron chi connectivity index (χ4n) is 0.806. The average molecular weight is 213 g/mol. The Morgan fingerprint density at radius 2 is 2.08 bits per heavy atom. The molecule has 0 saturated carbocycles. The van der Waals surface area contributed by atoms with Gasteiger partial charge in [-0.25, -0.2) is 0 Å². The summed E-state index contributed by atoms with van der Waals surface area (Å²) in [4.78, 5) is 13.8. The molecule has 0 unspecified atom stereocenters. The van der Waals surface area contributed by atoms with E-state index in [0.717, 1.165) is 10.4 Å². The van der Waals surface area contributed by atoms with Gasteiger partial charge in [-0.15, -0.1) is 11.8 Å². The number of aromatic amines is 1. The topological polar surface area (TPSA) is 32.9 Å². The van der Waals surface area contributed by atoms with E-state index in [-0.39, 0.29) is 5.56 Å². The first kappa shape index (κ1) is 10.6. The summed E-state index contributed by atoms with van der Waals surface area (Å²) in [6.45, 7) is 6.96. The van der Waals surface area contributed by atoms with Gasteiger partial charge in [0.2, 0.25) is 5.56 Å². The van der Waals surface area contributed by atoms with Crippen molar-refractivity contribution in [1.29, 1.82) is 0 Å². The molecule has 0 aliphatic rings. The molecule has 1 aromatic rings. The van der Waals surface area contributed by atoms with Crippen LogP contribution in [0.2, 0.25) is 19.6 Å². The van der Waals surface area contributed by atoms with Gasteiger partial charge in [0.25, 0.3) is 0 Å². The van der Waals surface area contributed by atoms with Crippen LogP contribution in [0, 0.1) is 0 Å². The van der Waals surface area contributed by atoms with Gasteiger partial charge in [-0.05, 0) is 11.4 Å². The molecule has 0 aliphatic carbocycles. The maximum absolute atomic E-state index is 11.0. The monoisotopic (exact) mass is 213 g/mol. The number of rotatable bonds is 3. The molecule has 4 heteroatoms. The summed E-state index contributed by atoms with van der Waals surface area (Å²) in [5, 5.41) is 2.13. The van der Waals surface area contributed by atoms with E-state index in [1.165, 1.54) is 0 Å². The second-order valence-corrected chi connectivity index (χ2v) is 11.2. The van der Waals surface area contributed by atoms with Gasteiger partial charge < -0.3 is 4.98 Å². The van der Waals surface area contributed by atoms with E-state index in [1.54, 1.807) is 23.9 Å². The zero-order chi connectivity index (χ0) is 9.90. The van der Waals surface area contributed by atoms with Gasteiger partial charge in [0.05, 0.1) is 13.1 Å². The zero-order valence-corrected chi connectivity index (χ0v) is 10.1. The molecular formula is C9H15NOSSi. The Hall–Kier alpha value is -0.483. The van der Waals surface area contributed by atoms with E-state index < -0.39 is 8.07 Å². The van der Waals surface area contributed by atoms with Crippen molar-refractivity contribution in [2.45, 2.75) is 24.7 Å². The molecular weight excluding hydrogens is 198 g/mol. The summed E-state index contributed by atoms with van der Waals surface area (Å²) in [6, 6.07) is 5.29. The van der Waals surface area contributed by atoms with E-state index in [1.807, 2.05) is 6.07 Å². The molecule has 0 radical (unpaired) electrons. The molecule has 2 nitrogen and oxygen atoms in total. The average Bonchev–Trinajstić information content (AvgIpc) is 2.00. The predicted molar refractivity (Wildman–Crippen MR) is 61.1 cm³/mol. The molecule has 0 amide bonds. The molecule has 1 N–H and O–H groups in total. The van der Waals surface area contributed by atoms with Crippen LogP contribution in [0.4, 0.5) is 0 Å². The summed E-state index contributed by atoms with van der Waals surface area (Å²) < 4.78 is 0. The molecule has 0 fully saturated rings. The molecule has 0 spiro atoms. The van der Waals surface area contributed by atoms with Crippen molar-refractivity contribution in [3.05, 3.63) is 28.6 Å². The van der Waals surface area contributed by atoms with Crippen molar-refractivity contribution < 1.29 is 0 Å². The molecule has 72 valence electrons. The van der Waals surface area contributed by atoms with Crippen molar-refractivity contribution >= 4 is 19.8 Å². The van der Waals surface area contributed by atoms with Crippen molar-refractivity contribution in [1.82, 2.24) is 4.98 Å². The van der Waals surface area contributed by atoms with E-state index in [0.29, 0.717) is 0 Å². The predicted octanol–water partition coefficient (Wildman–Crippen LogP) is 2.34. The fourth-order valence-corrected chi connectivity index (χ4v) is 3.51. The molecule has 0 aliphatic heterocycles. The molecule has 0 saturated heterocycles. The Morgan fingerprint density at radius 3 is 2.62 bits per heavy atom. The first-order valence-electron chi connectivity index (χ1n) is 4.29. The molecule has 13 heavy (non-hydrogen) atoms. The van der Waals surface area contributed by atoms with Gasteiger partial charge in [0.15, 0.2) is 0 Å². The van der Waals surface area contributed by atoms with Gasteiger partial charge >= 0.3 is 0 Å². The molecule has 1 heterocycles. The molecule has 0 aromatic carbocycles. The van der Waals surface area contributed by atoms with E-state index in [4.69, 9.17) is 0 Å². The van der Waals surface area contributed by atoms with Crippen LogP contribution in [0.25, 0.3) is 0 Å². The van der Waals surface area contributed by atoms with Gasteiger partial charge in [-0.2, -0.15) is 0 Å². The highest BCUT2D eigenvalue weighted by molar-refractivity contribution is 8.00. The smallest absolute Gasteiger partial charge is 0.248 e. The Kier molecular flexibility index (Phi) is 3.38. The van der Waals surface area contributed by atoms with Crippen LogP contribution in [-0.4, -0.2) is 18.4 Å². The lowest BCUT2D eigenvalue weighted by atomic mass is 10.5. The highest BCUT2D eigenvalue weighted by atomic mass is 32.2. The first-order chi connectivity index (χ1) is 5.97. The Morgan fingerprint density at radius 1 is 1.38 bits per heavy atom. The van der Waals surface area contributed by atoms with Crippen molar-refractivity contribution in [3.8, 4) is 0 Å². The van der Waals surface area contributed by atoms with Crippen LogP contribution >= 0.6 is 11.8 Å². The minimum absolute atomic E-state index is 0.0134. The Labute approximate surface area is 83.8 Å². The van der Waals surface area contributed by atoms with Gasteiger partial charge in [-0.1, -0.05) is 25.7 Å². The minimum atomic E-state index is -1.02. The van der Waals surface area contributed by atoms with E-state index in [9.17, 15) is 4.79 Å². The number of hydrogen-bond acceptors (Lipinski definition) is 2. The number of nitrogens with one attached hydrogen (secondary N) is 1. The maximum atomic E-state index is 11.0. The Balaban J connectivity index is 2.60. The van der Waals surface area contributed by atoms with Crippen LogP contribution in [0.5, 0.6) is 0 Å². The van der Waals surface area contributed by atoms with Crippen LogP contribution in [-0.2, 0) is 0 Å². The summed E-state index contributed by atoms with van der Waals surface area (Å²) in [5.41, 5.74) is -0.0134. The quantitative estimate of drug-likeness (QED) is 0.617. The Bertz CT molecular complexity index is 329. The summed E-state index contributed by atoms with van der Waals surface area (Å²) in [6.07, 6.45) is 0. The third-order valence-electron chi connectivity index (χ3n) is 1.40. The van der Waals surface area contributed by atoms with E-state index in [2.05, 4.69) is 24.6 Å². The number of aromatic nitrogens is 1. The summed E-state index contributed by atoms with van der Waals surface area (Å²) in [5.74, 6) is 0. The van der Waals surface area contributed by atoms with Crippen molar-refractivity contribution in [2.75, 3.05) is 5.38 Å². The molecule has 1 rings (SSSR count). The maximum Gasteiger partial charge on any atom is 0.248 e. The standard InChI is InChI=1S/C9H15NOSSi/c1-13(2,3)7-12-9-6-4-5-8(11)10-9/h4-6H,7H2,1-3H3,(H,10,11). The number of thioether (sulfide) groups is 1. The van der Waals surface area contributed by atoms with Gasteiger partial charge in [0, 0.05) is 6.07 Å². The fraction of sp³-hybridized carbons (Fsp3) is 0.444. The summed E-state index contributed by atoms with van der Waals surface area (Å²) in [7, 11) is -1.02. The SMILES string of the molecule is C[Si](C)(C)CSc1cccc(=O)[nH]1. The molecule has 1 aromatic heterocycles. The molecule has 0 bridgehead atoms. The lowest BCUT2D eigenvalue weighted by Gasteiger charge is -2.14. The van der Waals surface area contributed by atoms with Gasteiger partial charge in [0.1, 0.15) is 0 Å². The first-order valence-corrected chi connectivity index (χ1v) is 8.99. The van der Waals surface area contributed by atoms with Crippen LogP contribution in [0.3, 0.4) is 0 Å². The highest BCUT2D eigenvalue weighted by Gasteiger charge is 2.13. The second kappa shape index (κ2) is 4.15. The van der Waals surface area contributed by atoms with E-state index >= 15 is 0 Å². The van der Waals surface area contributed by atoms with Crippen LogP contribution < -0.4 is 5.56 Å². The lowest BCUT2D eigenvalue weighted by Crippen LogP contribution is -2.24. The second-order valence-electron chi connectivity index (χ2n) is 4.23. The van der Waals surface area contributed by atoms with Crippen LogP contribution in [0.15, 0.2) is 28.0 Å². The molecule has 0 atom stereocenters.